The molecular formula is C18H23FN4O. The van der Waals surface area contributed by atoms with Crippen LogP contribution in [0.15, 0.2) is 36.5 Å². The molecule has 1 aliphatic heterocycles. The number of hydrogen-bond acceptors (Lipinski definition) is 5. The highest BCUT2D eigenvalue weighted by Crippen LogP contribution is 2.34. The highest BCUT2D eigenvalue weighted by molar-refractivity contribution is 5.41. The summed E-state index contributed by atoms with van der Waals surface area (Å²) in [6.07, 6.45) is 4.35. The van der Waals surface area contributed by atoms with E-state index >= 15 is 0 Å². The SMILES string of the molecule is CNc1ccnc(N2CCCC(CO)(Cc3ccc(F)cc3)C2)n1. The quantitative estimate of drug-likeness (QED) is 0.882. The summed E-state index contributed by atoms with van der Waals surface area (Å²) in [6, 6.07) is 8.36. The number of aromatic nitrogens is 2. The van der Waals surface area contributed by atoms with Crippen molar-refractivity contribution in [2.75, 3.05) is 37.0 Å². The normalized spacial score (nSPS) is 20.9. The molecule has 6 heteroatoms. The predicted octanol–water partition coefficient (Wildman–Crippen LogP) is 2.48. The van der Waals surface area contributed by atoms with Gasteiger partial charge in [-0.2, -0.15) is 4.98 Å². The largest absolute Gasteiger partial charge is 0.396 e. The van der Waals surface area contributed by atoms with Crippen molar-refractivity contribution in [3.63, 3.8) is 0 Å². The zero-order valence-corrected chi connectivity index (χ0v) is 13.9. The van der Waals surface area contributed by atoms with Gasteiger partial charge in [-0.25, -0.2) is 9.37 Å². The summed E-state index contributed by atoms with van der Waals surface area (Å²) in [5.74, 6) is 1.22. The monoisotopic (exact) mass is 330 g/mol. The number of hydrogen-bond donors (Lipinski definition) is 2. The van der Waals surface area contributed by atoms with Gasteiger partial charge in [0, 0.05) is 31.7 Å². The Labute approximate surface area is 141 Å². The van der Waals surface area contributed by atoms with Gasteiger partial charge in [0.1, 0.15) is 11.6 Å². The molecule has 2 heterocycles. The van der Waals surface area contributed by atoms with E-state index in [1.54, 1.807) is 18.3 Å². The molecule has 2 N–H and O–H groups in total. The highest BCUT2D eigenvalue weighted by atomic mass is 19.1. The molecule has 5 nitrogen and oxygen atoms in total. The molecule has 1 aromatic carbocycles. The van der Waals surface area contributed by atoms with Gasteiger partial charge in [0.05, 0.1) is 6.61 Å². The molecular weight excluding hydrogens is 307 g/mol. The second-order valence-electron chi connectivity index (χ2n) is 6.48. The van der Waals surface area contributed by atoms with Crippen molar-refractivity contribution in [1.29, 1.82) is 0 Å². The Morgan fingerprint density at radius 1 is 1.29 bits per heavy atom. The Kier molecular flexibility index (Phi) is 4.94. The third kappa shape index (κ3) is 3.64. The number of aliphatic hydroxyl groups is 1. The van der Waals surface area contributed by atoms with Crippen LogP contribution in [0.3, 0.4) is 0 Å². The average Bonchev–Trinajstić information content (AvgIpc) is 2.64. The summed E-state index contributed by atoms with van der Waals surface area (Å²) in [6.45, 7) is 1.65. The second-order valence-corrected chi connectivity index (χ2v) is 6.48. The van der Waals surface area contributed by atoms with Crippen molar-refractivity contribution in [1.82, 2.24) is 9.97 Å². The summed E-state index contributed by atoms with van der Waals surface area (Å²) in [7, 11) is 1.83. The standard InChI is InChI=1S/C18H23FN4O/c1-20-16-7-9-21-17(22-16)23-10-2-8-18(12-23,13-24)11-14-3-5-15(19)6-4-14/h3-7,9,24H,2,8,10-13H2,1H3,(H,20,21,22). The van der Waals surface area contributed by atoms with Crippen LogP contribution in [0, 0.1) is 11.2 Å². The molecule has 0 aliphatic carbocycles. The van der Waals surface area contributed by atoms with Gasteiger partial charge in [0.15, 0.2) is 0 Å². The van der Waals surface area contributed by atoms with Crippen LogP contribution in [0.5, 0.6) is 0 Å². The smallest absolute Gasteiger partial charge is 0.227 e. The van der Waals surface area contributed by atoms with Crippen LogP contribution in [-0.4, -0.2) is 41.8 Å². The van der Waals surface area contributed by atoms with Gasteiger partial charge >= 0.3 is 0 Å². The summed E-state index contributed by atoms with van der Waals surface area (Å²) in [4.78, 5) is 11.0. The van der Waals surface area contributed by atoms with Gasteiger partial charge in [-0.1, -0.05) is 12.1 Å². The lowest BCUT2D eigenvalue weighted by Gasteiger charge is -2.42. The van der Waals surface area contributed by atoms with Crippen LogP contribution < -0.4 is 10.2 Å². The summed E-state index contributed by atoms with van der Waals surface area (Å²) in [5.41, 5.74) is 0.784. The number of nitrogens with zero attached hydrogens (tertiary/aromatic N) is 3. The number of anilines is 2. The fraction of sp³-hybridized carbons (Fsp3) is 0.444. The van der Waals surface area contributed by atoms with Crippen molar-refractivity contribution in [2.45, 2.75) is 19.3 Å². The van der Waals surface area contributed by atoms with Crippen LogP contribution in [0.1, 0.15) is 18.4 Å². The number of nitrogens with one attached hydrogen (secondary N) is 1. The van der Waals surface area contributed by atoms with Gasteiger partial charge in [-0.3, -0.25) is 0 Å². The molecule has 128 valence electrons. The van der Waals surface area contributed by atoms with Crippen molar-refractivity contribution in [2.24, 2.45) is 5.41 Å². The maximum Gasteiger partial charge on any atom is 0.227 e. The van der Waals surface area contributed by atoms with E-state index in [1.807, 2.05) is 13.1 Å². The van der Waals surface area contributed by atoms with Crippen LogP contribution in [0.25, 0.3) is 0 Å². The zero-order valence-electron chi connectivity index (χ0n) is 13.9. The van der Waals surface area contributed by atoms with Gasteiger partial charge in [0.2, 0.25) is 5.95 Å². The molecule has 1 unspecified atom stereocenters. The third-order valence-electron chi connectivity index (χ3n) is 4.67. The van der Waals surface area contributed by atoms with E-state index in [4.69, 9.17) is 0 Å². The van der Waals surface area contributed by atoms with E-state index in [2.05, 4.69) is 20.2 Å². The maximum atomic E-state index is 13.1. The first-order chi connectivity index (χ1) is 11.6. The molecule has 0 bridgehead atoms. The first kappa shape index (κ1) is 16.6. The summed E-state index contributed by atoms with van der Waals surface area (Å²) in [5, 5.41) is 13.1. The zero-order chi connectivity index (χ0) is 17.0. The number of benzene rings is 1. The van der Waals surface area contributed by atoms with E-state index in [1.165, 1.54) is 12.1 Å². The van der Waals surface area contributed by atoms with E-state index < -0.39 is 0 Å². The van der Waals surface area contributed by atoms with Crippen molar-refractivity contribution >= 4 is 11.8 Å². The minimum absolute atomic E-state index is 0.0899. The van der Waals surface area contributed by atoms with Crippen molar-refractivity contribution < 1.29 is 9.50 Å². The molecule has 0 amide bonds. The van der Waals surface area contributed by atoms with E-state index in [9.17, 15) is 9.50 Å². The molecule has 24 heavy (non-hydrogen) atoms. The molecule has 1 atom stereocenters. The Morgan fingerprint density at radius 3 is 2.79 bits per heavy atom. The molecule has 0 radical (unpaired) electrons. The first-order valence-electron chi connectivity index (χ1n) is 8.25. The van der Waals surface area contributed by atoms with E-state index in [0.29, 0.717) is 18.9 Å². The number of halogens is 1. The number of aliphatic hydroxyl groups excluding tert-OH is 1. The van der Waals surface area contributed by atoms with Gasteiger partial charge in [-0.15, -0.1) is 0 Å². The Hall–Kier alpha value is -2.21. The van der Waals surface area contributed by atoms with Crippen LogP contribution >= 0.6 is 0 Å². The molecule has 0 spiro atoms. The minimum Gasteiger partial charge on any atom is -0.396 e. The average molecular weight is 330 g/mol. The predicted molar refractivity (Wildman–Crippen MR) is 92.6 cm³/mol. The topological polar surface area (TPSA) is 61.3 Å². The lowest BCUT2D eigenvalue weighted by Crippen LogP contribution is -2.47. The van der Waals surface area contributed by atoms with Gasteiger partial charge in [0.25, 0.3) is 0 Å². The second kappa shape index (κ2) is 7.13. The molecule has 2 aromatic rings. The Bertz CT molecular complexity index is 679. The van der Waals surface area contributed by atoms with Gasteiger partial charge < -0.3 is 15.3 Å². The van der Waals surface area contributed by atoms with Crippen molar-refractivity contribution in [3.05, 3.63) is 47.9 Å². The van der Waals surface area contributed by atoms with E-state index in [0.717, 1.165) is 30.8 Å². The van der Waals surface area contributed by atoms with Crippen LogP contribution in [0.4, 0.5) is 16.2 Å². The molecule has 1 aromatic heterocycles. The number of rotatable bonds is 5. The van der Waals surface area contributed by atoms with Gasteiger partial charge in [-0.05, 0) is 43.0 Å². The lowest BCUT2D eigenvalue weighted by atomic mass is 9.76. The molecule has 3 rings (SSSR count). The highest BCUT2D eigenvalue weighted by Gasteiger charge is 2.36. The maximum absolute atomic E-state index is 13.1. The Balaban J connectivity index is 1.79. The molecule has 1 fully saturated rings. The number of piperidine rings is 1. The lowest BCUT2D eigenvalue weighted by molar-refractivity contribution is 0.105. The van der Waals surface area contributed by atoms with Crippen molar-refractivity contribution in [3.8, 4) is 0 Å². The molecule has 1 aliphatic rings. The molecule has 1 saturated heterocycles. The summed E-state index contributed by atoms with van der Waals surface area (Å²) >= 11 is 0. The van der Waals surface area contributed by atoms with Crippen LogP contribution in [0.2, 0.25) is 0 Å². The molecule has 0 saturated carbocycles. The minimum atomic E-state index is -0.255. The van der Waals surface area contributed by atoms with Crippen LogP contribution in [-0.2, 0) is 6.42 Å². The Morgan fingerprint density at radius 2 is 2.08 bits per heavy atom. The summed E-state index contributed by atoms with van der Waals surface area (Å²) < 4.78 is 13.1. The third-order valence-corrected chi connectivity index (χ3v) is 4.67. The fourth-order valence-corrected chi connectivity index (χ4v) is 3.38. The van der Waals surface area contributed by atoms with E-state index in [-0.39, 0.29) is 17.8 Å². The fourth-order valence-electron chi connectivity index (χ4n) is 3.38. The first-order valence-corrected chi connectivity index (χ1v) is 8.25.